The minimum Gasteiger partial charge on any atom is -0.483 e. The molecule has 0 aromatic carbocycles. The maximum Gasteiger partial charge on any atom is 1.00 e. The standard InChI is InChI=1S/CH2O2.Li/c2-1-3;/h1H,(H,2,3);/q;+1. The van der Waals surface area contributed by atoms with E-state index in [2.05, 4.69) is 0 Å². The summed E-state index contributed by atoms with van der Waals surface area (Å²) in [5.41, 5.74) is 0. The molecule has 0 aliphatic heterocycles. The van der Waals surface area contributed by atoms with Crippen molar-refractivity contribution in [2.75, 3.05) is 0 Å². The molecule has 0 aliphatic carbocycles. The van der Waals surface area contributed by atoms with Gasteiger partial charge in [-0.05, 0) is 0 Å². The third-order valence-corrected chi connectivity index (χ3v) is 0. The van der Waals surface area contributed by atoms with Crippen molar-refractivity contribution in [2.24, 2.45) is 0 Å². The summed E-state index contributed by atoms with van der Waals surface area (Å²) in [5.74, 6) is 0. The van der Waals surface area contributed by atoms with Gasteiger partial charge in [0, 0.05) is 0 Å². The summed E-state index contributed by atoms with van der Waals surface area (Å²) in [6, 6.07) is 0. The predicted octanol–water partition coefficient (Wildman–Crippen LogP) is -3.30. The van der Waals surface area contributed by atoms with Gasteiger partial charge in [0.1, 0.15) is 0 Å². The molecule has 0 aromatic rings. The van der Waals surface area contributed by atoms with Crippen molar-refractivity contribution < 1.29 is 28.8 Å². The first-order chi connectivity index (χ1) is 1.41. The molecule has 0 fully saturated rings. The Bertz CT molecular complexity index is 13.5. The predicted molar refractivity (Wildman–Crippen MR) is 8.69 cm³/mol. The zero-order valence-electron chi connectivity index (χ0n) is 2.43. The molecule has 3 heteroatoms. The fourth-order valence-electron chi connectivity index (χ4n) is 0. The van der Waals surface area contributed by atoms with Gasteiger partial charge in [-0.25, -0.2) is 0 Å². The molecular formula is CH2LiO2+. The largest absolute Gasteiger partial charge is 1.00 e. The summed E-state index contributed by atoms with van der Waals surface area (Å²) in [6.07, 6.45) is 0. The first-order valence-corrected chi connectivity index (χ1v) is 0.494. The van der Waals surface area contributed by atoms with Crippen LogP contribution in [0.15, 0.2) is 0 Å². The molecule has 0 spiro atoms. The van der Waals surface area contributed by atoms with E-state index < -0.39 is 0 Å². The minimum atomic E-state index is -0.250. The van der Waals surface area contributed by atoms with Crippen LogP contribution in [0, 0.1) is 0 Å². The molecule has 0 amide bonds. The molecule has 0 aliphatic rings. The molecule has 0 bridgehead atoms. The quantitative estimate of drug-likeness (QED) is 0.232. The molecule has 0 aromatic heterocycles. The summed E-state index contributed by atoms with van der Waals surface area (Å²) in [5, 5.41) is 6.89. The van der Waals surface area contributed by atoms with Crippen molar-refractivity contribution in [1.82, 2.24) is 0 Å². The number of carboxylic acid groups (broad SMARTS) is 1. The summed E-state index contributed by atoms with van der Waals surface area (Å²) in [4.78, 5) is 8.36. The molecule has 0 saturated carbocycles. The van der Waals surface area contributed by atoms with Gasteiger partial charge in [0.15, 0.2) is 0 Å². The molecule has 1 N–H and O–H groups in total. The van der Waals surface area contributed by atoms with Crippen molar-refractivity contribution in [3.8, 4) is 0 Å². The Morgan fingerprint density at radius 1 is 1.75 bits per heavy atom. The van der Waals surface area contributed by atoms with Crippen molar-refractivity contribution in [2.45, 2.75) is 0 Å². The summed E-state index contributed by atoms with van der Waals surface area (Å²) < 4.78 is 0. The van der Waals surface area contributed by atoms with Crippen LogP contribution in [0.1, 0.15) is 0 Å². The van der Waals surface area contributed by atoms with Gasteiger partial charge in [-0.2, -0.15) is 0 Å². The van der Waals surface area contributed by atoms with Crippen LogP contribution in [0.25, 0.3) is 0 Å². The van der Waals surface area contributed by atoms with Crippen molar-refractivity contribution in [3.63, 3.8) is 0 Å². The SMILES string of the molecule is O=CO.[Li+]. The molecule has 0 rings (SSSR count). The average molecular weight is 53.0 g/mol. The Kier molecular flexibility index (Phi) is 25.8. The normalized spacial score (nSPS) is 3.00. The van der Waals surface area contributed by atoms with Gasteiger partial charge in [0.2, 0.25) is 0 Å². The Morgan fingerprint density at radius 2 is 1.75 bits per heavy atom. The van der Waals surface area contributed by atoms with E-state index in [-0.39, 0.29) is 25.3 Å². The van der Waals surface area contributed by atoms with Gasteiger partial charge in [0.05, 0.1) is 0 Å². The zero-order valence-corrected chi connectivity index (χ0v) is 2.43. The zero-order chi connectivity index (χ0) is 2.71. The second kappa shape index (κ2) is 11.5. The summed E-state index contributed by atoms with van der Waals surface area (Å²) >= 11 is 0. The first kappa shape index (κ1) is 8.95. The van der Waals surface area contributed by atoms with Crippen LogP contribution in [0.5, 0.6) is 0 Å². The van der Waals surface area contributed by atoms with Crippen molar-refractivity contribution >= 4 is 6.47 Å². The van der Waals surface area contributed by atoms with Crippen molar-refractivity contribution in [3.05, 3.63) is 0 Å². The van der Waals surface area contributed by atoms with Gasteiger partial charge >= 0.3 is 18.9 Å². The molecule has 0 heterocycles. The Balaban J connectivity index is 0. The molecule has 4 heavy (non-hydrogen) atoms. The summed E-state index contributed by atoms with van der Waals surface area (Å²) in [7, 11) is 0. The van der Waals surface area contributed by atoms with E-state index in [4.69, 9.17) is 9.90 Å². The molecule has 0 saturated heterocycles. The van der Waals surface area contributed by atoms with Gasteiger partial charge < -0.3 is 5.11 Å². The van der Waals surface area contributed by atoms with E-state index in [0.717, 1.165) is 0 Å². The van der Waals surface area contributed by atoms with Crippen LogP contribution in [0.3, 0.4) is 0 Å². The Hall–Kier alpha value is 0.0674. The second-order valence-electron chi connectivity index (χ2n) is 0.105. The third kappa shape index (κ3) is 518. The maximum atomic E-state index is 8.36. The monoisotopic (exact) mass is 53.0 g/mol. The van der Waals surface area contributed by atoms with Gasteiger partial charge in [-0.1, -0.05) is 0 Å². The number of rotatable bonds is 0. The van der Waals surface area contributed by atoms with Gasteiger partial charge in [-0.3, -0.25) is 4.79 Å². The second-order valence-corrected chi connectivity index (χ2v) is 0.105. The van der Waals surface area contributed by atoms with E-state index in [0.29, 0.717) is 0 Å². The van der Waals surface area contributed by atoms with Crippen LogP contribution in [-0.4, -0.2) is 11.6 Å². The molecule has 2 nitrogen and oxygen atoms in total. The maximum absolute atomic E-state index is 8.36. The third-order valence-electron chi connectivity index (χ3n) is 0. The molecule has 0 atom stereocenters. The topological polar surface area (TPSA) is 37.3 Å². The number of carbonyl (C=O) groups is 1. The smallest absolute Gasteiger partial charge is 0.483 e. The first-order valence-electron chi connectivity index (χ1n) is 0.494. The molecular weight excluding hydrogens is 51.0 g/mol. The van der Waals surface area contributed by atoms with E-state index in [1.54, 1.807) is 0 Å². The van der Waals surface area contributed by atoms with E-state index >= 15 is 0 Å². The van der Waals surface area contributed by atoms with Gasteiger partial charge in [-0.15, -0.1) is 0 Å². The van der Waals surface area contributed by atoms with Crippen LogP contribution < -0.4 is 18.9 Å². The van der Waals surface area contributed by atoms with E-state index in [9.17, 15) is 0 Å². The Labute approximate surface area is 36.0 Å². The van der Waals surface area contributed by atoms with Gasteiger partial charge in [0.25, 0.3) is 6.47 Å². The average Bonchev–Trinajstić information content (AvgIpc) is 0.918. The molecule has 18 valence electrons. The van der Waals surface area contributed by atoms with Crippen LogP contribution in [-0.2, 0) is 4.79 Å². The van der Waals surface area contributed by atoms with Crippen LogP contribution in [0.4, 0.5) is 0 Å². The number of hydrogen-bond donors (Lipinski definition) is 1. The number of hydrogen-bond acceptors (Lipinski definition) is 1. The fraction of sp³-hybridized carbons (Fsp3) is 0. The molecule has 0 unspecified atom stereocenters. The fourth-order valence-corrected chi connectivity index (χ4v) is 0. The van der Waals surface area contributed by atoms with E-state index in [1.807, 2.05) is 0 Å². The Morgan fingerprint density at radius 3 is 1.75 bits per heavy atom. The van der Waals surface area contributed by atoms with Crippen molar-refractivity contribution in [1.29, 1.82) is 0 Å². The summed E-state index contributed by atoms with van der Waals surface area (Å²) in [6.45, 7) is -0.250. The van der Waals surface area contributed by atoms with E-state index in [1.165, 1.54) is 0 Å². The minimum absolute atomic E-state index is 0. The molecule has 0 radical (unpaired) electrons. The van der Waals surface area contributed by atoms with Crippen LogP contribution in [0.2, 0.25) is 0 Å². The van der Waals surface area contributed by atoms with Crippen LogP contribution >= 0.6 is 0 Å².